The standard InChI is InChI=1S/C23H20FNO3S/c1-17-7-13-21(14-8-17)29(26,27)25-15-22(18-5-3-2-4-6-18)23(16-25,28-22)19-9-11-20(24)12-10-19/h2-14H,15-16H2,1H3/t22-,23+/m1/s1. The minimum atomic E-state index is -3.68. The van der Waals surface area contributed by atoms with Crippen molar-refractivity contribution in [3.8, 4) is 0 Å². The van der Waals surface area contributed by atoms with Crippen molar-refractivity contribution in [3.63, 3.8) is 0 Å². The van der Waals surface area contributed by atoms with Crippen LogP contribution < -0.4 is 0 Å². The van der Waals surface area contributed by atoms with E-state index in [0.717, 1.165) is 16.7 Å². The summed E-state index contributed by atoms with van der Waals surface area (Å²) in [6.45, 7) is 2.32. The molecule has 3 aromatic carbocycles. The van der Waals surface area contributed by atoms with Crippen LogP contribution in [0.3, 0.4) is 0 Å². The molecule has 5 rings (SSSR count). The second kappa shape index (κ2) is 6.23. The molecule has 0 spiro atoms. The zero-order valence-electron chi connectivity index (χ0n) is 15.9. The maximum Gasteiger partial charge on any atom is 0.243 e. The zero-order valence-corrected chi connectivity index (χ0v) is 16.7. The highest BCUT2D eigenvalue weighted by atomic mass is 32.2. The fourth-order valence-electron chi connectivity index (χ4n) is 4.37. The van der Waals surface area contributed by atoms with E-state index in [1.165, 1.54) is 16.4 Å². The van der Waals surface area contributed by atoms with Gasteiger partial charge in [-0.05, 0) is 42.3 Å². The molecule has 2 aliphatic heterocycles. The van der Waals surface area contributed by atoms with Crippen molar-refractivity contribution in [2.45, 2.75) is 23.0 Å². The van der Waals surface area contributed by atoms with Crippen molar-refractivity contribution >= 4 is 10.0 Å². The number of epoxide rings is 1. The normalized spacial score (nSPS) is 26.3. The van der Waals surface area contributed by atoms with Crippen molar-refractivity contribution in [1.29, 1.82) is 0 Å². The highest BCUT2D eigenvalue weighted by Crippen LogP contribution is 2.66. The van der Waals surface area contributed by atoms with E-state index in [0.29, 0.717) is 0 Å². The molecule has 2 aliphatic rings. The number of aryl methyl sites for hydroxylation is 1. The van der Waals surface area contributed by atoms with Crippen LogP contribution in [0, 0.1) is 12.7 Å². The predicted octanol–water partition coefficient (Wildman–Crippen LogP) is 3.96. The molecular formula is C23H20FNO3S. The summed E-state index contributed by atoms with van der Waals surface area (Å²) in [4.78, 5) is 0.266. The fourth-order valence-corrected chi connectivity index (χ4v) is 5.85. The number of hydrogen-bond acceptors (Lipinski definition) is 3. The van der Waals surface area contributed by atoms with Gasteiger partial charge in [-0.15, -0.1) is 0 Å². The fraction of sp³-hybridized carbons (Fsp3) is 0.217. The Morgan fingerprint density at radius 2 is 1.38 bits per heavy atom. The van der Waals surface area contributed by atoms with Crippen LogP contribution in [0.1, 0.15) is 16.7 Å². The average Bonchev–Trinajstić information content (AvgIpc) is 3.26. The molecule has 0 saturated carbocycles. The second-order valence-corrected chi connectivity index (χ2v) is 9.65. The molecule has 148 valence electrons. The predicted molar refractivity (Wildman–Crippen MR) is 107 cm³/mol. The van der Waals surface area contributed by atoms with Crippen molar-refractivity contribution in [3.05, 3.63) is 101 Å². The summed E-state index contributed by atoms with van der Waals surface area (Å²) in [5.74, 6) is -0.335. The Morgan fingerprint density at radius 3 is 1.97 bits per heavy atom. The van der Waals surface area contributed by atoms with Gasteiger partial charge in [0.05, 0.1) is 18.0 Å². The van der Waals surface area contributed by atoms with Crippen molar-refractivity contribution in [1.82, 2.24) is 4.31 Å². The van der Waals surface area contributed by atoms with E-state index in [2.05, 4.69) is 0 Å². The molecular weight excluding hydrogens is 389 g/mol. The highest BCUT2D eigenvalue weighted by molar-refractivity contribution is 7.89. The molecule has 6 heteroatoms. The largest absolute Gasteiger partial charge is 0.349 e. The number of halogens is 1. The van der Waals surface area contributed by atoms with Crippen LogP contribution in [0.5, 0.6) is 0 Å². The van der Waals surface area contributed by atoms with Crippen LogP contribution >= 0.6 is 0 Å². The third-order valence-corrected chi connectivity index (χ3v) is 7.77. The first-order valence-electron chi connectivity index (χ1n) is 9.46. The van der Waals surface area contributed by atoms with Gasteiger partial charge in [-0.3, -0.25) is 0 Å². The SMILES string of the molecule is Cc1ccc(S(=O)(=O)N2C[C@@]3(c4ccc(F)cc4)O[C@@]3(c3ccccc3)C2)cc1. The molecule has 0 aromatic heterocycles. The van der Waals surface area contributed by atoms with Crippen LogP contribution in [0.2, 0.25) is 0 Å². The van der Waals surface area contributed by atoms with E-state index in [4.69, 9.17) is 4.74 Å². The first kappa shape index (κ1) is 18.5. The third-order valence-electron chi connectivity index (χ3n) is 5.97. The molecule has 0 aliphatic carbocycles. The third kappa shape index (κ3) is 2.67. The van der Waals surface area contributed by atoms with Crippen LogP contribution in [0.25, 0.3) is 0 Å². The summed E-state index contributed by atoms with van der Waals surface area (Å²) in [6, 6.07) is 22.6. The van der Waals surface area contributed by atoms with Crippen LogP contribution in [-0.2, 0) is 26.0 Å². The van der Waals surface area contributed by atoms with E-state index in [-0.39, 0.29) is 23.8 Å². The summed E-state index contributed by atoms with van der Waals surface area (Å²) in [6.07, 6.45) is 0. The van der Waals surface area contributed by atoms with Crippen LogP contribution in [0.15, 0.2) is 83.8 Å². The molecule has 29 heavy (non-hydrogen) atoms. The summed E-state index contributed by atoms with van der Waals surface area (Å²) >= 11 is 0. The van der Waals surface area contributed by atoms with E-state index >= 15 is 0 Å². The molecule has 0 bridgehead atoms. The molecule has 2 fully saturated rings. The van der Waals surface area contributed by atoms with E-state index in [9.17, 15) is 12.8 Å². The Balaban J connectivity index is 1.59. The van der Waals surface area contributed by atoms with E-state index in [1.807, 2.05) is 37.3 Å². The lowest BCUT2D eigenvalue weighted by Gasteiger charge is -2.21. The summed E-state index contributed by atoms with van der Waals surface area (Å²) in [5, 5.41) is 0. The van der Waals surface area contributed by atoms with Gasteiger partial charge in [-0.2, -0.15) is 4.31 Å². The Bertz CT molecular complexity index is 1160. The molecule has 2 saturated heterocycles. The number of sulfonamides is 1. The number of benzene rings is 3. The first-order chi connectivity index (χ1) is 13.9. The Hall–Kier alpha value is -2.54. The molecule has 2 heterocycles. The van der Waals surface area contributed by atoms with Gasteiger partial charge in [-0.1, -0.05) is 60.2 Å². The second-order valence-electron chi connectivity index (χ2n) is 7.72. The maximum absolute atomic E-state index is 13.5. The van der Waals surface area contributed by atoms with Gasteiger partial charge in [0.15, 0.2) is 0 Å². The number of nitrogens with zero attached hydrogens (tertiary/aromatic N) is 1. The quantitative estimate of drug-likeness (QED) is 0.613. The van der Waals surface area contributed by atoms with Crippen LogP contribution in [0.4, 0.5) is 4.39 Å². The van der Waals surface area contributed by atoms with Crippen molar-refractivity contribution in [2.75, 3.05) is 13.1 Å². The van der Waals surface area contributed by atoms with Crippen molar-refractivity contribution < 1.29 is 17.5 Å². The van der Waals surface area contributed by atoms with Gasteiger partial charge >= 0.3 is 0 Å². The first-order valence-corrected chi connectivity index (χ1v) is 10.9. The lowest BCUT2D eigenvalue weighted by molar-refractivity contribution is 0.182. The number of fused-ring (bicyclic) bond motifs is 1. The number of ether oxygens (including phenoxy) is 1. The molecule has 0 radical (unpaired) electrons. The zero-order chi connectivity index (χ0) is 20.3. The summed E-state index contributed by atoms with van der Waals surface area (Å²) < 4.78 is 47.9. The van der Waals surface area contributed by atoms with Gasteiger partial charge in [0.2, 0.25) is 10.0 Å². The number of morpholine rings is 1. The Labute approximate surface area is 169 Å². The minimum absolute atomic E-state index is 0.184. The molecule has 0 N–H and O–H groups in total. The smallest absolute Gasteiger partial charge is 0.243 e. The van der Waals surface area contributed by atoms with Gasteiger partial charge in [-0.25, -0.2) is 12.8 Å². The molecule has 0 unspecified atom stereocenters. The summed E-state index contributed by atoms with van der Waals surface area (Å²) in [5.41, 5.74) is 1.11. The van der Waals surface area contributed by atoms with Crippen molar-refractivity contribution in [2.24, 2.45) is 0 Å². The number of rotatable bonds is 4. The van der Waals surface area contributed by atoms with Gasteiger partial charge in [0.25, 0.3) is 0 Å². The Kier molecular flexibility index (Phi) is 3.97. The lowest BCUT2D eigenvalue weighted by atomic mass is 9.84. The van der Waals surface area contributed by atoms with Gasteiger partial charge in [0, 0.05) is 0 Å². The maximum atomic E-state index is 13.5. The molecule has 3 aromatic rings. The molecule has 2 atom stereocenters. The van der Waals surface area contributed by atoms with E-state index < -0.39 is 21.2 Å². The minimum Gasteiger partial charge on any atom is -0.349 e. The van der Waals surface area contributed by atoms with Gasteiger partial charge < -0.3 is 4.74 Å². The highest BCUT2D eigenvalue weighted by Gasteiger charge is 2.77. The molecule has 0 amide bonds. The topological polar surface area (TPSA) is 49.9 Å². The number of hydrogen-bond donors (Lipinski definition) is 0. The lowest BCUT2D eigenvalue weighted by Crippen LogP contribution is -2.34. The van der Waals surface area contributed by atoms with E-state index in [1.54, 1.807) is 36.4 Å². The van der Waals surface area contributed by atoms with Crippen LogP contribution in [-0.4, -0.2) is 25.8 Å². The Morgan fingerprint density at radius 1 is 0.828 bits per heavy atom. The summed E-state index contributed by atoms with van der Waals surface area (Å²) in [7, 11) is -3.68. The average molecular weight is 409 g/mol. The van der Waals surface area contributed by atoms with Gasteiger partial charge in [0.1, 0.15) is 17.0 Å². The molecule has 4 nitrogen and oxygen atoms in total. The monoisotopic (exact) mass is 409 g/mol.